The zero-order valence-corrected chi connectivity index (χ0v) is 30.6. The average Bonchev–Trinajstić information content (AvgIpc) is 3.73. The third kappa shape index (κ3) is 11.4. The molecular weight excluding hydrogens is 649 g/mol. The average molecular weight is 708 g/mol. The summed E-state index contributed by atoms with van der Waals surface area (Å²) in [4.78, 5) is 14.3. The predicted octanol–water partition coefficient (Wildman–Crippen LogP) is 7.36. The zero-order chi connectivity index (χ0) is 35.2. The highest BCUT2D eigenvalue weighted by Gasteiger charge is 2.65. The van der Waals surface area contributed by atoms with Gasteiger partial charge >= 0.3 is 7.82 Å². The fraction of sp³-hybridized carbons (Fsp3) is 0.800. The molecule has 5 atom stereocenters. The number of fused-ring (bicyclic) bond motifs is 2. The van der Waals surface area contributed by atoms with E-state index in [2.05, 4.69) is 23.1 Å². The van der Waals surface area contributed by atoms with Crippen molar-refractivity contribution in [2.75, 3.05) is 32.2 Å². The topological polar surface area (TPSA) is 173 Å². The molecule has 0 saturated carbocycles. The van der Waals surface area contributed by atoms with Crippen LogP contribution >= 0.6 is 7.82 Å². The Labute approximate surface area is 291 Å². The summed E-state index contributed by atoms with van der Waals surface area (Å²) in [7, 11) is -4.45. The van der Waals surface area contributed by atoms with Crippen LogP contribution in [0.5, 0.6) is 0 Å². The Morgan fingerprint density at radius 2 is 1.51 bits per heavy atom. The minimum absolute atomic E-state index is 0.101. The molecule has 2 saturated heterocycles. The van der Waals surface area contributed by atoms with Gasteiger partial charge in [0.15, 0.2) is 11.6 Å². The van der Waals surface area contributed by atoms with Gasteiger partial charge in [0.25, 0.3) is 0 Å². The molecule has 2 aromatic rings. The maximum atomic E-state index is 12.7. The normalized spacial score (nSPS) is 24.3. The van der Waals surface area contributed by atoms with E-state index in [0.29, 0.717) is 17.8 Å². The molecule has 0 radical (unpaired) electrons. The van der Waals surface area contributed by atoms with Crippen molar-refractivity contribution in [2.45, 2.75) is 153 Å². The van der Waals surface area contributed by atoms with Gasteiger partial charge in [-0.1, -0.05) is 103 Å². The third-order valence-corrected chi connectivity index (χ3v) is 10.3. The molecule has 0 aromatic carbocycles. The smallest absolute Gasteiger partial charge is 0.382 e. The number of unbranched alkanes of at least 4 members (excludes halogenated alkanes) is 15. The fourth-order valence-electron chi connectivity index (χ4n) is 6.74. The second-order valence-electron chi connectivity index (χ2n) is 13.7. The number of nitrogens with two attached hydrogens (primary N) is 1. The van der Waals surface area contributed by atoms with Crippen LogP contribution in [0.3, 0.4) is 0 Å². The SMILES string of the molecule is CCCCCCCCCCCCCCCCCCOCCOP(=O)(O)OC[C@H]1O[C@@](C#N)(c2ccc3c(N)ncnn23)[C@@H]2OC(C)(C)O[C@@H]21. The summed E-state index contributed by atoms with van der Waals surface area (Å²) in [5, 5.41) is 14.7. The van der Waals surface area contributed by atoms with E-state index >= 15 is 0 Å². The number of anilines is 1. The molecule has 2 fully saturated rings. The van der Waals surface area contributed by atoms with Crippen LogP contribution in [0.1, 0.15) is 129 Å². The summed E-state index contributed by atoms with van der Waals surface area (Å²) in [5.74, 6) is -0.802. The molecule has 2 aliphatic rings. The van der Waals surface area contributed by atoms with Crippen LogP contribution in [0, 0.1) is 11.3 Å². The van der Waals surface area contributed by atoms with Crippen LogP contribution in [0.25, 0.3) is 5.52 Å². The molecule has 1 unspecified atom stereocenters. The Kier molecular flexibility index (Phi) is 15.7. The molecule has 0 aliphatic carbocycles. The summed E-state index contributed by atoms with van der Waals surface area (Å²) in [6.07, 6.45) is 19.7. The van der Waals surface area contributed by atoms with Gasteiger partial charge in [-0.3, -0.25) is 9.05 Å². The van der Waals surface area contributed by atoms with Gasteiger partial charge in [0, 0.05) is 6.61 Å². The molecule has 0 amide bonds. The van der Waals surface area contributed by atoms with Crippen LogP contribution in [0.15, 0.2) is 18.5 Å². The van der Waals surface area contributed by atoms with Gasteiger partial charge < -0.3 is 29.6 Å². The highest BCUT2D eigenvalue weighted by atomic mass is 31.2. The summed E-state index contributed by atoms with van der Waals surface area (Å²) in [6.45, 7) is 5.98. The number of ether oxygens (including phenoxy) is 4. The standard InChI is InChI=1S/C35H58N5O8P/c1-4-5-6-7-8-9-10-11-12-13-14-15-16-17-18-19-22-43-23-24-44-49(41,42)45-25-29-31-32(48-34(2,3)47-31)35(26-36,46-29)30-21-20-28-33(37)38-27-39-40(28)30/h20-21,27,29,31-32H,4-19,22-25H2,1-3H3,(H,41,42)(H2,37,38,39)/t29-,31-,32-,35+/m1/s1. The molecular formula is C35H58N5O8P. The van der Waals surface area contributed by atoms with Gasteiger partial charge in [-0.05, 0) is 32.4 Å². The van der Waals surface area contributed by atoms with Crippen molar-refractivity contribution in [3.63, 3.8) is 0 Å². The minimum atomic E-state index is -4.45. The number of hydrogen-bond donors (Lipinski definition) is 2. The first-order valence-electron chi connectivity index (χ1n) is 18.4. The van der Waals surface area contributed by atoms with Crippen molar-refractivity contribution in [2.24, 2.45) is 0 Å². The van der Waals surface area contributed by atoms with Gasteiger partial charge in [0.05, 0.1) is 25.5 Å². The van der Waals surface area contributed by atoms with E-state index in [1.165, 1.54) is 101 Å². The molecule has 2 aromatic heterocycles. The summed E-state index contributed by atoms with van der Waals surface area (Å²) < 4.78 is 48.6. The van der Waals surface area contributed by atoms with Crippen molar-refractivity contribution in [3.8, 4) is 6.07 Å². The quantitative estimate of drug-likeness (QED) is 0.0777. The number of rotatable bonds is 25. The van der Waals surface area contributed by atoms with Gasteiger partial charge in [-0.25, -0.2) is 14.1 Å². The van der Waals surface area contributed by atoms with Crippen LogP contribution in [-0.2, 0) is 38.2 Å². The Balaban J connectivity index is 1.08. The summed E-state index contributed by atoms with van der Waals surface area (Å²) in [5.41, 5.74) is 5.19. The lowest BCUT2D eigenvalue weighted by molar-refractivity contribution is -0.204. The highest BCUT2D eigenvalue weighted by molar-refractivity contribution is 7.47. The van der Waals surface area contributed by atoms with Gasteiger partial charge in [-0.2, -0.15) is 10.4 Å². The Hall–Kier alpha value is -2.14. The van der Waals surface area contributed by atoms with E-state index in [1.807, 2.05) is 0 Å². The predicted molar refractivity (Wildman–Crippen MR) is 185 cm³/mol. The van der Waals surface area contributed by atoms with Crippen molar-refractivity contribution >= 4 is 19.2 Å². The second kappa shape index (κ2) is 19.5. The first-order valence-corrected chi connectivity index (χ1v) is 19.8. The van der Waals surface area contributed by atoms with Gasteiger partial charge in [-0.15, -0.1) is 0 Å². The third-order valence-electron chi connectivity index (χ3n) is 9.29. The van der Waals surface area contributed by atoms with Gasteiger partial charge in [0.2, 0.25) is 5.60 Å². The maximum absolute atomic E-state index is 12.7. The number of nitrogens with zero attached hydrogens (tertiary/aromatic N) is 4. The van der Waals surface area contributed by atoms with Gasteiger partial charge in [0.1, 0.15) is 36.2 Å². The number of phosphoric ester groups is 1. The molecule has 4 heterocycles. The van der Waals surface area contributed by atoms with E-state index < -0.39 is 37.5 Å². The Morgan fingerprint density at radius 1 is 0.898 bits per heavy atom. The van der Waals surface area contributed by atoms with Crippen molar-refractivity contribution < 1.29 is 37.5 Å². The number of hydrogen-bond acceptors (Lipinski definition) is 11. The van der Waals surface area contributed by atoms with E-state index in [-0.39, 0.29) is 25.6 Å². The lowest BCUT2D eigenvalue weighted by Crippen LogP contribution is -2.40. The van der Waals surface area contributed by atoms with E-state index in [9.17, 15) is 14.7 Å². The van der Waals surface area contributed by atoms with Crippen LogP contribution in [0.2, 0.25) is 0 Å². The van der Waals surface area contributed by atoms with Crippen LogP contribution in [0.4, 0.5) is 5.82 Å². The molecule has 2 aliphatic heterocycles. The van der Waals surface area contributed by atoms with Crippen LogP contribution < -0.4 is 5.73 Å². The zero-order valence-electron chi connectivity index (χ0n) is 29.7. The van der Waals surface area contributed by atoms with Crippen molar-refractivity contribution in [3.05, 3.63) is 24.2 Å². The summed E-state index contributed by atoms with van der Waals surface area (Å²) >= 11 is 0. The molecule has 0 bridgehead atoms. The number of nitrogen functional groups attached to an aromatic ring is 1. The first kappa shape index (κ1) is 39.6. The number of aromatic nitrogens is 3. The Morgan fingerprint density at radius 3 is 2.12 bits per heavy atom. The lowest BCUT2D eigenvalue weighted by Gasteiger charge is -2.29. The van der Waals surface area contributed by atoms with Crippen molar-refractivity contribution in [1.82, 2.24) is 14.6 Å². The Bertz CT molecular complexity index is 1370. The molecule has 14 heteroatoms. The first-order chi connectivity index (χ1) is 23.6. The number of phosphoric acid groups is 1. The maximum Gasteiger partial charge on any atom is 0.472 e. The molecule has 4 rings (SSSR count). The largest absolute Gasteiger partial charge is 0.472 e. The molecule has 276 valence electrons. The molecule has 3 N–H and O–H groups in total. The fourth-order valence-corrected chi connectivity index (χ4v) is 7.45. The van der Waals surface area contributed by atoms with E-state index in [1.54, 1.807) is 26.0 Å². The number of nitriles is 1. The monoisotopic (exact) mass is 707 g/mol. The lowest BCUT2D eigenvalue weighted by atomic mass is 9.92. The molecule has 49 heavy (non-hydrogen) atoms. The summed E-state index contributed by atoms with van der Waals surface area (Å²) in [6, 6.07) is 5.59. The molecule has 13 nitrogen and oxygen atoms in total. The second-order valence-corrected chi connectivity index (χ2v) is 15.2. The minimum Gasteiger partial charge on any atom is -0.382 e. The molecule has 0 spiro atoms. The van der Waals surface area contributed by atoms with E-state index in [4.69, 9.17) is 33.7 Å². The van der Waals surface area contributed by atoms with Crippen molar-refractivity contribution in [1.29, 1.82) is 5.26 Å². The van der Waals surface area contributed by atoms with E-state index in [0.717, 1.165) is 12.8 Å². The van der Waals surface area contributed by atoms with Crippen LogP contribution in [-0.4, -0.2) is 70.0 Å². The highest BCUT2D eigenvalue weighted by Crippen LogP contribution is 2.51.